The Morgan fingerprint density at radius 3 is 1.88 bits per heavy atom. The number of methoxy groups -OCH3 is 1. The van der Waals surface area contributed by atoms with E-state index in [2.05, 4.69) is 10.6 Å². The SMILES string of the molecule is COC(=O)[C@@H](NC(=O)[C@H](NC(=O)OC(C)(C)C)c1cc(O)cc(O)c1)c1ccc(O)cc1. The zero-order valence-electron chi connectivity index (χ0n) is 18.1. The van der Waals surface area contributed by atoms with Crippen LogP contribution < -0.4 is 10.6 Å². The topological polar surface area (TPSA) is 154 Å². The fourth-order valence-corrected chi connectivity index (χ4v) is 2.80. The van der Waals surface area contributed by atoms with Gasteiger partial charge in [0, 0.05) is 6.07 Å². The van der Waals surface area contributed by atoms with Gasteiger partial charge < -0.3 is 35.4 Å². The van der Waals surface area contributed by atoms with Crippen LogP contribution in [0.25, 0.3) is 0 Å². The molecule has 5 N–H and O–H groups in total. The van der Waals surface area contributed by atoms with Gasteiger partial charge >= 0.3 is 12.1 Å². The summed E-state index contributed by atoms with van der Waals surface area (Å²) >= 11 is 0. The predicted octanol–water partition coefficient (Wildman–Crippen LogP) is 2.40. The van der Waals surface area contributed by atoms with Crippen LogP contribution in [0.4, 0.5) is 4.79 Å². The minimum Gasteiger partial charge on any atom is -0.508 e. The number of amides is 2. The summed E-state index contributed by atoms with van der Waals surface area (Å²) in [6, 6.07) is 6.22. The molecule has 0 fully saturated rings. The normalized spacial score (nSPS) is 12.9. The summed E-state index contributed by atoms with van der Waals surface area (Å²) in [5, 5.41) is 34.0. The van der Waals surface area contributed by atoms with Gasteiger partial charge in [-0.1, -0.05) is 12.1 Å². The molecule has 0 aliphatic carbocycles. The Kier molecular flexibility index (Phi) is 7.53. The van der Waals surface area contributed by atoms with E-state index in [0.717, 1.165) is 13.2 Å². The molecule has 0 bridgehead atoms. The Morgan fingerprint density at radius 1 is 0.812 bits per heavy atom. The maximum Gasteiger partial charge on any atom is 0.408 e. The van der Waals surface area contributed by atoms with Crippen molar-refractivity contribution < 1.29 is 39.2 Å². The van der Waals surface area contributed by atoms with Crippen molar-refractivity contribution in [1.29, 1.82) is 0 Å². The quantitative estimate of drug-likeness (QED) is 0.424. The van der Waals surface area contributed by atoms with Crippen LogP contribution in [0, 0.1) is 0 Å². The summed E-state index contributed by atoms with van der Waals surface area (Å²) in [6.45, 7) is 4.92. The number of phenolic OH excluding ortho intramolecular Hbond substituents is 3. The van der Waals surface area contributed by atoms with Gasteiger partial charge in [-0.25, -0.2) is 9.59 Å². The van der Waals surface area contributed by atoms with Gasteiger partial charge in [-0.3, -0.25) is 4.79 Å². The van der Waals surface area contributed by atoms with Crippen LogP contribution in [0.1, 0.15) is 44.0 Å². The van der Waals surface area contributed by atoms with Crippen molar-refractivity contribution in [3.8, 4) is 17.2 Å². The van der Waals surface area contributed by atoms with Gasteiger partial charge in [0.25, 0.3) is 0 Å². The third-order valence-corrected chi connectivity index (χ3v) is 4.13. The molecule has 0 spiro atoms. The van der Waals surface area contributed by atoms with Gasteiger partial charge in [0.05, 0.1) is 7.11 Å². The fraction of sp³-hybridized carbons (Fsp3) is 0.318. The monoisotopic (exact) mass is 446 g/mol. The Bertz CT molecular complexity index is 962. The number of nitrogens with one attached hydrogen (secondary N) is 2. The van der Waals surface area contributed by atoms with Crippen molar-refractivity contribution in [3.63, 3.8) is 0 Å². The van der Waals surface area contributed by atoms with Gasteiger partial charge in [-0.05, 0) is 56.2 Å². The Hall–Kier alpha value is -3.95. The average Bonchev–Trinajstić information content (AvgIpc) is 2.68. The van der Waals surface area contributed by atoms with Gasteiger partial charge in [-0.2, -0.15) is 0 Å². The smallest absolute Gasteiger partial charge is 0.408 e. The number of benzene rings is 2. The minimum atomic E-state index is -1.44. The third kappa shape index (κ3) is 6.79. The van der Waals surface area contributed by atoms with Crippen LogP contribution in [-0.2, 0) is 19.1 Å². The molecule has 0 unspecified atom stereocenters. The molecule has 172 valence electrons. The summed E-state index contributed by atoms with van der Waals surface area (Å²) in [4.78, 5) is 37.8. The number of rotatable bonds is 6. The molecule has 2 aromatic rings. The van der Waals surface area contributed by atoms with Gasteiger partial charge in [0.1, 0.15) is 28.9 Å². The second-order valence-electron chi connectivity index (χ2n) is 7.92. The largest absolute Gasteiger partial charge is 0.508 e. The zero-order chi connectivity index (χ0) is 24.1. The second-order valence-corrected chi connectivity index (χ2v) is 7.92. The zero-order valence-corrected chi connectivity index (χ0v) is 18.1. The molecule has 0 aromatic heterocycles. The first-order valence-corrected chi connectivity index (χ1v) is 9.59. The number of alkyl carbamates (subject to hydrolysis) is 1. The van der Waals surface area contributed by atoms with Crippen LogP contribution in [0.5, 0.6) is 17.2 Å². The van der Waals surface area contributed by atoms with E-state index in [1.165, 1.54) is 36.4 Å². The number of phenols is 3. The minimum absolute atomic E-state index is 0.0385. The number of ether oxygens (including phenoxy) is 2. The van der Waals surface area contributed by atoms with E-state index in [0.29, 0.717) is 5.56 Å². The standard InChI is InChI=1S/C22H26N2O8/c1-22(2,3)32-21(30)24-17(13-9-15(26)11-16(27)10-13)19(28)23-18(20(29)31-4)12-5-7-14(25)8-6-12/h5-11,17-18,25-27H,1-4H3,(H,23,28)(H,24,30)/t17-,18+/m1/s1. The molecule has 0 saturated carbocycles. The number of aromatic hydroxyl groups is 3. The van der Waals surface area contributed by atoms with Crippen molar-refractivity contribution >= 4 is 18.0 Å². The first-order chi connectivity index (χ1) is 14.9. The average molecular weight is 446 g/mol. The van der Waals surface area contributed by atoms with Crippen LogP contribution in [-0.4, -0.2) is 46.0 Å². The maximum absolute atomic E-state index is 13.1. The highest BCUT2D eigenvalue weighted by molar-refractivity contribution is 5.91. The molecule has 0 saturated heterocycles. The maximum atomic E-state index is 13.1. The molecule has 2 rings (SSSR count). The lowest BCUT2D eigenvalue weighted by atomic mass is 10.0. The molecule has 10 nitrogen and oxygen atoms in total. The number of hydrogen-bond acceptors (Lipinski definition) is 8. The highest BCUT2D eigenvalue weighted by atomic mass is 16.6. The lowest BCUT2D eigenvalue weighted by molar-refractivity contribution is -0.145. The number of esters is 1. The van der Waals surface area contributed by atoms with Gasteiger partial charge in [0.2, 0.25) is 5.91 Å². The Morgan fingerprint density at radius 2 is 1.38 bits per heavy atom. The molecule has 0 aliphatic rings. The Balaban J connectivity index is 2.39. The van der Waals surface area contributed by atoms with Crippen LogP contribution >= 0.6 is 0 Å². The summed E-state index contributed by atoms with van der Waals surface area (Å²) < 4.78 is 9.96. The number of carbonyl (C=O) groups is 3. The highest BCUT2D eigenvalue weighted by Gasteiger charge is 2.31. The third-order valence-electron chi connectivity index (χ3n) is 4.13. The van der Waals surface area contributed by atoms with Crippen LogP contribution in [0.2, 0.25) is 0 Å². The molecule has 0 heterocycles. The van der Waals surface area contributed by atoms with Crippen LogP contribution in [0.3, 0.4) is 0 Å². The van der Waals surface area contributed by atoms with E-state index in [-0.39, 0.29) is 22.8 Å². The Labute approximate surface area is 184 Å². The molecular formula is C22H26N2O8. The van der Waals surface area contributed by atoms with E-state index in [1.54, 1.807) is 20.8 Å². The summed E-state index contributed by atoms with van der Waals surface area (Å²) in [6.07, 6.45) is -0.931. The van der Waals surface area contributed by atoms with E-state index in [1.807, 2.05) is 0 Å². The molecule has 0 radical (unpaired) electrons. The first-order valence-electron chi connectivity index (χ1n) is 9.59. The molecule has 0 aliphatic heterocycles. The second kappa shape index (κ2) is 9.90. The molecule has 32 heavy (non-hydrogen) atoms. The van der Waals surface area contributed by atoms with Crippen molar-refractivity contribution in [2.45, 2.75) is 38.5 Å². The van der Waals surface area contributed by atoms with E-state index >= 15 is 0 Å². The summed E-state index contributed by atoms with van der Waals surface area (Å²) in [5.41, 5.74) is -0.495. The highest BCUT2D eigenvalue weighted by Crippen LogP contribution is 2.27. The summed E-state index contributed by atoms with van der Waals surface area (Å²) in [5.74, 6) is -2.36. The number of hydrogen-bond donors (Lipinski definition) is 5. The van der Waals surface area contributed by atoms with Crippen molar-refractivity contribution in [3.05, 3.63) is 53.6 Å². The predicted molar refractivity (Wildman–Crippen MR) is 113 cm³/mol. The lowest BCUT2D eigenvalue weighted by Gasteiger charge is -2.25. The van der Waals surface area contributed by atoms with Crippen molar-refractivity contribution in [2.24, 2.45) is 0 Å². The van der Waals surface area contributed by atoms with Gasteiger partial charge in [0.15, 0.2) is 6.04 Å². The molecule has 2 atom stereocenters. The van der Waals surface area contributed by atoms with Crippen molar-refractivity contribution in [1.82, 2.24) is 10.6 Å². The van der Waals surface area contributed by atoms with Gasteiger partial charge in [-0.15, -0.1) is 0 Å². The van der Waals surface area contributed by atoms with Crippen LogP contribution in [0.15, 0.2) is 42.5 Å². The number of carbonyl (C=O) groups excluding carboxylic acids is 3. The van der Waals surface area contributed by atoms with Crippen molar-refractivity contribution in [2.75, 3.05) is 7.11 Å². The van der Waals surface area contributed by atoms with E-state index in [4.69, 9.17) is 9.47 Å². The molecule has 2 aromatic carbocycles. The van der Waals surface area contributed by atoms with E-state index in [9.17, 15) is 29.7 Å². The molecule has 10 heteroatoms. The van der Waals surface area contributed by atoms with E-state index < -0.39 is 35.7 Å². The first kappa shape index (κ1) is 24.3. The molecular weight excluding hydrogens is 420 g/mol. The molecule has 2 amide bonds. The fourth-order valence-electron chi connectivity index (χ4n) is 2.80. The summed E-state index contributed by atoms with van der Waals surface area (Å²) in [7, 11) is 1.14. The lowest BCUT2D eigenvalue weighted by Crippen LogP contribution is -2.45.